The molecule has 1 heterocycles. The van der Waals surface area contributed by atoms with Crippen LogP contribution in [-0.2, 0) is 9.53 Å². The predicted molar refractivity (Wildman–Crippen MR) is 87.3 cm³/mol. The van der Waals surface area contributed by atoms with Crippen molar-refractivity contribution in [3.8, 4) is 0 Å². The summed E-state index contributed by atoms with van der Waals surface area (Å²) in [6.45, 7) is 2.52. The van der Waals surface area contributed by atoms with Crippen molar-refractivity contribution in [2.24, 2.45) is 0 Å². The number of hydrogen-bond acceptors (Lipinski definition) is 3. The molecule has 1 aromatic carbocycles. The fourth-order valence-electron chi connectivity index (χ4n) is 1.91. The number of thiophene rings is 1. The fraction of sp³-hybridized carbons (Fsp3) is 0.235. The molecular formula is C17H19NO2S. The molecule has 2 rings (SSSR count). The van der Waals surface area contributed by atoms with Crippen molar-refractivity contribution in [1.29, 1.82) is 0 Å². The van der Waals surface area contributed by atoms with Crippen LogP contribution in [0.3, 0.4) is 0 Å². The molecule has 3 nitrogen and oxygen atoms in total. The first-order valence-corrected chi connectivity index (χ1v) is 7.61. The van der Waals surface area contributed by atoms with Crippen LogP contribution in [-0.4, -0.2) is 19.6 Å². The highest BCUT2D eigenvalue weighted by Gasteiger charge is 2.12. The third kappa shape index (κ3) is 4.85. The predicted octanol–water partition coefficient (Wildman–Crippen LogP) is 3.57. The summed E-state index contributed by atoms with van der Waals surface area (Å²) in [5.41, 5.74) is 1.00. The van der Waals surface area contributed by atoms with Crippen LogP contribution in [0.25, 0.3) is 6.08 Å². The van der Waals surface area contributed by atoms with Crippen molar-refractivity contribution < 1.29 is 9.53 Å². The summed E-state index contributed by atoms with van der Waals surface area (Å²) in [7, 11) is 1.66. The van der Waals surface area contributed by atoms with E-state index in [1.165, 1.54) is 4.88 Å². The highest BCUT2D eigenvalue weighted by atomic mass is 32.1. The van der Waals surface area contributed by atoms with Crippen LogP contribution in [0.1, 0.15) is 21.4 Å². The number of nitrogens with one attached hydrogen (secondary N) is 1. The third-order valence-electron chi connectivity index (χ3n) is 3.05. The van der Waals surface area contributed by atoms with Gasteiger partial charge >= 0.3 is 0 Å². The lowest BCUT2D eigenvalue weighted by atomic mass is 10.2. The minimum absolute atomic E-state index is 0.0993. The van der Waals surface area contributed by atoms with E-state index in [0.717, 1.165) is 10.4 Å². The topological polar surface area (TPSA) is 38.3 Å². The van der Waals surface area contributed by atoms with E-state index < -0.39 is 0 Å². The zero-order valence-corrected chi connectivity index (χ0v) is 13.0. The largest absolute Gasteiger partial charge is 0.374 e. The van der Waals surface area contributed by atoms with Crippen molar-refractivity contribution in [1.82, 2.24) is 5.32 Å². The number of aryl methyl sites for hydroxylation is 1. The molecule has 110 valence electrons. The minimum atomic E-state index is -0.116. The molecule has 2 aromatic rings. The van der Waals surface area contributed by atoms with Crippen molar-refractivity contribution in [2.45, 2.75) is 13.0 Å². The Kier molecular flexibility index (Phi) is 5.72. The van der Waals surface area contributed by atoms with E-state index in [-0.39, 0.29) is 12.0 Å². The Balaban J connectivity index is 1.86. The molecule has 1 aromatic heterocycles. The van der Waals surface area contributed by atoms with E-state index in [0.29, 0.717) is 6.54 Å². The second-order valence-corrected chi connectivity index (χ2v) is 5.98. The van der Waals surface area contributed by atoms with Crippen molar-refractivity contribution in [3.63, 3.8) is 0 Å². The van der Waals surface area contributed by atoms with Gasteiger partial charge < -0.3 is 10.1 Å². The molecule has 0 radical (unpaired) electrons. The molecule has 1 atom stereocenters. The third-order valence-corrected chi connectivity index (χ3v) is 4.14. The second kappa shape index (κ2) is 7.76. The zero-order valence-electron chi connectivity index (χ0n) is 12.2. The summed E-state index contributed by atoms with van der Waals surface area (Å²) in [5, 5.41) is 2.87. The molecule has 1 N–H and O–H groups in total. The first kappa shape index (κ1) is 15.5. The lowest BCUT2D eigenvalue weighted by Crippen LogP contribution is -2.27. The van der Waals surface area contributed by atoms with E-state index in [1.54, 1.807) is 30.6 Å². The Morgan fingerprint density at radius 3 is 2.67 bits per heavy atom. The van der Waals surface area contributed by atoms with Crippen molar-refractivity contribution in [2.75, 3.05) is 13.7 Å². The highest BCUT2D eigenvalue weighted by molar-refractivity contribution is 7.12. The first-order valence-electron chi connectivity index (χ1n) is 6.79. The van der Waals surface area contributed by atoms with Gasteiger partial charge in [-0.15, -0.1) is 11.3 Å². The monoisotopic (exact) mass is 301 g/mol. The lowest BCUT2D eigenvalue weighted by molar-refractivity contribution is -0.117. The minimum Gasteiger partial charge on any atom is -0.374 e. The molecule has 0 aliphatic rings. The summed E-state index contributed by atoms with van der Waals surface area (Å²) in [5.74, 6) is -0.116. The number of hydrogen-bond donors (Lipinski definition) is 1. The van der Waals surface area contributed by atoms with Gasteiger partial charge in [0, 0.05) is 29.5 Å². The first-order chi connectivity index (χ1) is 10.2. The zero-order chi connectivity index (χ0) is 15.1. The summed E-state index contributed by atoms with van der Waals surface area (Å²) < 4.78 is 5.43. The van der Waals surface area contributed by atoms with E-state index >= 15 is 0 Å². The number of rotatable bonds is 6. The molecule has 0 saturated heterocycles. The molecule has 0 aliphatic heterocycles. The normalized spacial score (nSPS) is 12.5. The summed E-state index contributed by atoms with van der Waals surface area (Å²) >= 11 is 1.69. The van der Waals surface area contributed by atoms with E-state index in [2.05, 4.69) is 18.3 Å². The van der Waals surface area contributed by atoms with Crippen LogP contribution in [0, 0.1) is 6.92 Å². The average molecular weight is 301 g/mol. The molecule has 0 spiro atoms. The standard InChI is InChI=1S/C17H19NO2S/c1-13-8-10-16(21-13)15(20-2)12-18-17(19)11-9-14-6-4-3-5-7-14/h3-11,15H,12H2,1-2H3,(H,18,19)/b11-9+/t15-/m0/s1. The molecule has 21 heavy (non-hydrogen) atoms. The lowest BCUT2D eigenvalue weighted by Gasteiger charge is -2.13. The Labute approximate surface area is 129 Å². The molecule has 0 saturated carbocycles. The van der Waals surface area contributed by atoms with E-state index in [4.69, 9.17) is 4.74 Å². The van der Waals surface area contributed by atoms with E-state index in [1.807, 2.05) is 36.4 Å². The quantitative estimate of drug-likeness (QED) is 0.828. The Bertz CT molecular complexity index is 604. The van der Waals surface area contributed by atoms with Crippen molar-refractivity contribution in [3.05, 3.63) is 63.9 Å². The van der Waals surface area contributed by atoms with Gasteiger partial charge in [0.1, 0.15) is 6.10 Å². The summed E-state index contributed by atoms with van der Waals surface area (Å²) in [4.78, 5) is 14.2. The molecule has 1 amide bonds. The number of benzene rings is 1. The van der Waals surface area contributed by atoms with Crippen LogP contribution < -0.4 is 5.32 Å². The second-order valence-electron chi connectivity index (χ2n) is 4.66. The van der Waals surface area contributed by atoms with Gasteiger partial charge in [-0.1, -0.05) is 30.3 Å². The van der Waals surface area contributed by atoms with E-state index in [9.17, 15) is 4.79 Å². The molecule has 0 bridgehead atoms. The SMILES string of the molecule is CO[C@@H](CNC(=O)/C=C/c1ccccc1)c1ccc(C)s1. The van der Waals surface area contributed by atoms with Gasteiger partial charge in [0.15, 0.2) is 0 Å². The number of carbonyl (C=O) groups is 1. The number of amides is 1. The van der Waals surface area contributed by atoms with Gasteiger partial charge in [-0.2, -0.15) is 0 Å². The van der Waals surface area contributed by atoms with Crippen LogP contribution in [0.15, 0.2) is 48.5 Å². The maximum atomic E-state index is 11.8. The molecular weight excluding hydrogens is 282 g/mol. The van der Waals surface area contributed by atoms with Gasteiger partial charge in [0.05, 0.1) is 0 Å². The maximum absolute atomic E-state index is 11.8. The highest BCUT2D eigenvalue weighted by Crippen LogP contribution is 2.24. The number of ether oxygens (including phenoxy) is 1. The Morgan fingerprint density at radius 2 is 2.05 bits per heavy atom. The Hall–Kier alpha value is -1.91. The smallest absolute Gasteiger partial charge is 0.244 e. The van der Waals surface area contributed by atoms with Gasteiger partial charge in [0.25, 0.3) is 0 Å². The molecule has 0 aliphatic carbocycles. The molecule has 4 heteroatoms. The average Bonchev–Trinajstić information content (AvgIpc) is 2.93. The number of methoxy groups -OCH3 is 1. The maximum Gasteiger partial charge on any atom is 0.244 e. The van der Waals surface area contributed by atoms with Gasteiger partial charge in [-0.3, -0.25) is 4.79 Å². The van der Waals surface area contributed by atoms with Crippen LogP contribution in [0.2, 0.25) is 0 Å². The summed E-state index contributed by atoms with van der Waals surface area (Å²) in [6.07, 6.45) is 3.24. The van der Waals surface area contributed by atoms with Crippen LogP contribution in [0.4, 0.5) is 0 Å². The van der Waals surface area contributed by atoms with Crippen molar-refractivity contribution >= 4 is 23.3 Å². The van der Waals surface area contributed by atoms with Gasteiger partial charge in [-0.25, -0.2) is 0 Å². The van der Waals surface area contributed by atoms with Gasteiger partial charge in [-0.05, 0) is 30.7 Å². The van der Waals surface area contributed by atoms with Crippen LogP contribution in [0.5, 0.6) is 0 Å². The van der Waals surface area contributed by atoms with Crippen LogP contribution >= 0.6 is 11.3 Å². The van der Waals surface area contributed by atoms with Gasteiger partial charge in [0.2, 0.25) is 5.91 Å². The summed E-state index contributed by atoms with van der Waals surface area (Å²) in [6, 6.07) is 13.8. The number of carbonyl (C=O) groups excluding carboxylic acids is 1. The molecule has 0 fully saturated rings. The molecule has 0 unspecified atom stereocenters. The Morgan fingerprint density at radius 1 is 1.29 bits per heavy atom. The fourth-order valence-corrected chi connectivity index (χ4v) is 2.87.